The number of carbonyl (C=O) groups excluding carboxylic acids is 1. The molecule has 3 atom stereocenters. The summed E-state index contributed by atoms with van der Waals surface area (Å²) in [5.41, 5.74) is 0.658. The van der Waals surface area contributed by atoms with Crippen LogP contribution in [0.25, 0.3) is 0 Å². The normalized spacial score (nSPS) is 36.0. The molecule has 156 valence electrons. The van der Waals surface area contributed by atoms with E-state index in [0.29, 0.717) is 30.3 Å². The highest BCUT2D eigenvalue weighted by Gasteiger charge is 2.61. The molecule has 1 unspecified atom stereocenters. The number of amides is 1. The van der Waals surface area contributed by atoms with Crippen LogP contribution in [0.2, 0.25) is 0 Å². The van der Waals surface area contributed by atoms with Crippen molar-refractivity contribution >= 4 is 5.91 Å². The number of nitrogens with zero attached hydrogens (tertiary/aromatic N) is 3. The van der Waals surface area contributed by atoms with E-state index in [2.05, 4.69) is 30.9 Å². The molecule has 1 aromatic rings. The third-order valence-corrected chi connectivity index (χ3v) is 8.06. The molecular weight excluding hydrogens is 354 g/mol. The van der Waals surface area contributed by atoms with Gasteiger partial charge < -0.3 is 14.2 Å². The summed E-state index contributed by atoms with van der Waals surface area (Å²) >= 11 is 0. The van der Waals surface area contributed by atoms with E-state index in [0.717, 1.165) is 12.3 Å². The SMILES string of the molecule is CCC(C)(C)C1CCC2(CC1)CC2C(=O)N1CCO[C@H](C)[C@H]1c1nc(C)no1. The number of ether oxygens (including phenoxy) is 1. The molecule has 3 aliphatic rings. The minimum absolute atomic E-state index is 0.131. The number of aryl methyl sites for hydroxylation is 1. The zero-order chi connectivity index (χ0) is 20.1. The van der Waals surface area contributed by atoms with Crippen molar-refractivity contribution in [1.82, 2.24) is 15.0 Å². The lowest BCUT2D eigenvalue weighted by atomic mass is 9.66. The zero-order valence-corrected chi connectivity index (χ0v) is 18.0. The summed E-state index contributed by atoms with van der Waals surface area (Å²) in [5, 5.41) is 3.92. The highest BCUT2D eigenvalue weighted by Crippen LogP contribution is 2.64. The zero-order valence-electron chi connectivity index (χ0n) is 18.0. The second kappa shape index (κ2) is 7.12. The first-order valence-corrected chi connectivity index (χ1v) is 11.0. The molecule has 1 aromatic heterocycles. The van der Waals surface area contributed by atoms with Crippen molar-refractivity contribution in [1.29, 1.82) is 0 Å². The van der Waals surface area contributed by atoms with Crippen LogP contribution in [0.3, 0.4) is 0 Å². The fourth-order valence-corrected chi connectivity index (χ4v) is 5.55. The molecule has 3 fully saturated rings. The molecule has 0 bridgehead atoms. The van der Waals surface area contributed by atoms with Crippen LogP contribution in [0.5, 0.6) is 0 Å². The van der Waals surface area contributed by atoms with Crippen LogP contribution in [0.15, 0.2) is 4.52 Å². The summed E-state index contributed by atoms with van der Waals surface area (Å²) in [6.07, 6.45) is 7.06. The van der Waals surface area contributed by atoms with Crippen LogP contribution in [-0.4, -0.2) is 40.2 Å². The average Bonchev–Trinajstić information content (AvgIpc) is 3.19. The maximum Gasteiger partial charge on any atom is 0.252 e. The smallest absolute Gasteiger partial charge is 0.252 e. The van der Waals surface area contributed by atoms with E-state index < -0.39 is 0 Å². The van der Waals surface area contributed by atoms with Gasteiger partial charge in [0.25, 0.3) is 5.89 Å². The van der Waals surface area contributed by atoms with Crippen molar-refractivity contribution in [3.63, 3.8) is 0 Å². The maximum atomic E-state index is 13.5. The van der Waals surface area contributed by atoms with E-state index in [4.69, 9.17) is 9.26 Å². The first-order chi connectivity index (χ1) is 13.3. The monoisotopic (exact) mass is 389 g/mol. The van der Waals surface area contributed by atoms with Crippen molar-refractivity contribution in [2.45, 2.75) is 85.3 Å². The number of hydrogen-bond acceptors (Lipinski definition) is 5. The van der Waals surface area contributed by atoms with E-state index in [9.17, 15) is 4.79 Å². The predicted molar refractivity (Wildman–Crippen MR) is 105 cm³/mol. The highest BCUT2D eigenvalue weighted by atomic mass is 16.5. The number of morpholine rings is 1. The van der Waals surface area contributed by atoms with Gasteiger partial charge in [0, 0.05) is 12.5 Å². The molecule has 6 nitrogen and oxygen atoms in total. The third kappa shape index (κ3) is 3.38. The van der Waals surface area contributed by atoms with Crippen LogP contribution >= 0.6 is 0 Å². The summed E-state index contributed by atoms with van der Waals surface area (Å²) in [6.45, 7) is 12.1. The van der Waals surface area contributed by atoms with Crippen molar-refractivity contribution in [2.75, 3.05) is 13.2 Å². The van der Waals surface area contributed by atoms with Gasteiger partial charge in [0.05, 0.1) is 12.7 Å². The Balaban J connectivity index is 1.45. The van der Waals surface area contributed by atoms with Gasteiger partial charge in [0.15, 0.2) is 5.82 Å². The third-order valence-electron chi connectivity index (χ3n) is 8.06. The van der Waals surface area contributed by atoms with Crippen LogP contribution < -0.4 is 0 Å². The van der Waals surface area contributed by atoms with Gasteiger partial charge in [-0.25, -0.2) is 0 Å². The molecule has 0 N–H and O–H groups in total. The average molecular weight is 390 g/mol. The molecule has 28 heavy (non-hydrogen) atoms. The first-order valence-electron chi connectivity index (χ1n) is 11.0. The van der Waals surface area contributed by atoms with Crippen LogP contribution in [0.1, 0.15) is 84.0 Å². The van der Waals surface area contributed by atoms with Crippen LogP contribution in [0.4, 0.5) is 0 Å². The van der Waals surface area contributed by atoms with Crippen molar-refractivity contribution in [2.24, 2.45) is 22.7 Å². The first kappa shape index (κ1) is 19.9. The summed E-state index contributed by atoms with van der Waals surface area (Å²) < 4.78 is 11.2. The molecule has 0 radical (unpaired) electrons. The van der Waals surface area contributed by atoms with Gasteiger partial charge in [-0.3, -0.25) is 4.79 Å². The Bertz CT molecular complexity index is 720. The maximum absolute atomic E-state index is 13.5. The summed E-state index contributed by atoms with van der Waals surface area (Å²) in [6, 6.07) is -0.268. The molecule has 1 spiro atoms. The quantitative estimate of drug-likeness (QED) is 0.768. The summed E-state index contributed by atoms with van der Waals surface area (Å²) in [7, 11) is 0. The van der Waals surface area contributed by atoms with Crippen LogP contribution in [-0.2, 0) is 9.53 Å². The van der Waals surface area contributed by atoms with Gasteiger partial charge in [-0.1, -0.05) is 32.3 Å². The highest BCUT2D eigenvalue weighted by molar-refractivity contribution is 5.83. The van der Waals surface area contributed by atoms with Gasteiger partial charge in [-0.15, -0.1) is 0 Å². The molecule has 2 saturated carbocycles. The summed E-state index contributed by atoms with van der Waals surface area (Å²) in [5.74, 6) is 2.32. The lowest BCUT2D eigenvalue weighted by Crippen LogP contribution is -2.48. The van der Waals surface area contributed by atoms with E-state index in [1.807, 2.05) is 11.8 Å². The molecule has 0 aromatic carbocycles. The topological polar surface area (TPSA) is 68.5 Å². The Hall–Kier alpha value is -1.43. The number of rotatable bonds is 4. The van der Waals surface area contributed by atoms with Crippen molar-refractivity contribution in [3.05, 3.63) is 11.7 Å². The fraction of sp³-hybridized carbons (Fsp3) is 0.864. The van der Waals surface area contributed by atoms with E-state index in [1.54, 1.807) is 6.92 Å². The number of aromatic nitrogens is 2. The molecule has 2 heterocycles. The minimum Gasteiger partial charge on any atom is -0.374 e. The molecule has 1 saturated heterocycles. The molecule has 1 amide bonds. The Kier molecular flexibility index (Phi) is 5.05. The van der Waals surface area contributed by atoms with Crippen LogP contribution in [0, 0.1) is 29.6 Å². The molecule has 4 rings (SSSR count). The molecule has 1 aliphatic heterocycles. The number of carbonyl (C=O) groups is 1. The second-order valence-corrected chi connectivity index (χ2v) is 9.97. The standard InChI is InChI=1S/C22H35N3O3/c1-6-21(4,5)16-7-9-22(10-8-16)13-17(22)20(26)25-11-12-27-14(2)18(25)19-23-15(3)24-28-19/h14,16-18H,6-13H2,1-5H3/t14-,16?,17?,18+,22?/m1/s1. The van der Waals surface area contributed by atoms with Gasteiger partial charge >= 0.3 is 0 Å². The second-order valence-electron chi connectivity index (χ2n) is 9.97. The molecule has 2 aliphatic carbocycles. The van der Waals surface area contributed by atoms with Crippen molar-refractivity contribution in [3.8, 4) is 0 Å². The Labute approximate surface area is 168 Å². The van der Waals surface area contributed by atoms with Gasteiger partial charge in [0.2, 0.25) is 5.91 Å². The van der Waals surface area contributed by atoms with Crippen molar-refractivity contribution < 1.29 is 14.1 Å². The predicted octanol–water partition coefficient (Wildman–Crippen LogP) is 4.30. The van der Waals surface area contributed by atoms with E-state index in [1.165, 1.54) is 32.1 Å². The van der Waals surface area contributed by atoms with E-state index in [-0.39, 0.29) is 29.4 Å². The van der Waals surface area contributed by atoms with Gasteiger partial charge in [-0.2, -0.15) is 4.98 Å². The number of hydrogen-bond donors (Lipinski definition) is 0. The lowest BCUT2D eigenvalue weighted by molar-refractivity contribution is -0.150. The Morgan fingerprint density at radius 2 is 2.04 bits per heavy atom. The summed E-state index contributed by atoms with van der Waals surface area (Å²) in [4.78, 5) is 19.8. The minimum atomic E-state index is -0.268. The molecule has 6 heteroatoms. The van der Waals surface area contributed by atoms with E-state index >= 15 is 0 Å². The Morgan fingerprint density at radius 3 is 2.64 bits per heavy atom. The fourth-order valence-electron chi connectivity index (χ4n) is 5.55. The molecular formula is C22H35N3O3. The largest absolute Gasteiger partial charge is 0.374 e. The van der Waals surface area contributed by atoms with Gasteiger partial charge in [-0.05, 0) is 62.7 Å². The van der Waals surface area contributed by atoms with Gasteiger partial charge in [0.1, 0.15) is 6.04 Å². The Morgan fingerprint density at radius 1 is 1.32 bits per heavy atom. The lowest BCUT2D eigenvalue weighted by Gasteiger charge is -2.41.